The zero-order chi connectivity index (χ0) is 21.4. The van der Waals surface area contributed by atoms with Crippen LogP contribution in [0.2, 0.25) is 0 Å². The number of rotatable bonds is 23. The summed E-state index contributed by atoms with van der Waals surface area (Å²) in [7, 11) is 0. The van der Waals surface area contributed by atoms with E-state index in [1.54, 1.807) is 0 Å². The molecule has 0 aliphatic heterocycles. The van der Waals surface area contributed by atoms with Gasteiger partial charge >= 0.3 is 0 Å². The maximum atomic E-state index is 11.9. The van der Waals surface area contributed by atoms with Crippen LogP contribution in [0.3, 0.4) is 0 Å². The van der Waals surface area contributed by atoms with Crippen LogP contribution in [0.1, 0.15) is 149 Å². The van der Waals surface area contributed by atoms with Crippen molar-refractivity contribution in [3.05, 3.63) is 0 Å². The third-order valence-corrected chi connectivity index (χ3v) is 5.96. The Balaban J connectivity index is 3.31. The van der Waals surface area contributed by atoms with E-state index in [0.717, 1.165) is 19.3 Å². The minimum absolute atomic E-state index is 0.170. The highest BCUT2D eigenvalue weighted by Gasteiger charge is 2.13. The zero-order valence-electron chi connectivity index (χ0n) is 20.0. The smallest absolute Gasteiger partial charge is 0.248 e. The molecule has 0 aliphatic carbocycles. The summed E-state index contributed by atoms with van der Waals surface area (Å²) in [5.74, 6) is -0.170. The van der Waals surface area contributed by atoms with E-state index in [9.17, 15) is 9.90 Å². The number of hydrogen-bond acceptors (Lipinski definition) is 2. The topological polar surface area (TPSA) is 49.3 Å². The summed E-state index contributed by atoms with van der Waals surface area (Å²) in [6, 6.07) is 0. The minimum atomic E-state index is -0.813. The van der Waals surface area contributed by atoms with Gasteiger partial charge in [0.2, 0.25) is 5.91 Å². The molecule has 174 valence electrons. The standard InChI is InChI=1S/C26H53NO2/c1-3-5-7-9-11-13-15-17-19-21-23-25(28)26(29)27-24-22-20-18-16-14-12-10-8-6-4-2/h25,28H,3-24H2,1-2H3,(H,27,29). The number of unbranched alkanes of at least 4 members (excludes halogenated alkanes) is 18. The molecule has 0 aromatic rings. The lowest BCUT2D eigenvalue weighted by Gasteiger charge is -2.11. The summed E-state index contributed by atoms with van der Waals surface area (Å²) in [5.41, 5.74) is 0. The van der Waals surface area contributed by atoms with Crippen molar-refractivity contribution >= 4 is 5.91 Å². The molecule has 1 unspecified atom stereocenters. The summed E-state index contributed by atoms with van der Waals surface area (Å²) < 4.78 is 0. The SMILES string of the molecule is CCCCCCCCCCCCNC(=O)C(O)CCCCCCCCCCCC. The van der Waals surface area contributed by atoms with E-state index in [0.29, 0.717) is 13.0 Å². The molecule has 0 fully saturated rings. The Labute approximate surface area is 182 Å². The van der Waals surface area contributed by atoms with Crippen LogP contribution in [0, 0.1) is 0 Å². The number of carbonyl (C=O) groups excluding carboxylic acids is 1. The van der Waals surface area contributed by atoms with Gasteiger partial charge in [0, 0.05) is 6.54 Å². The van der Waals surface area contributed by atoms with E-state index in [1.807, 2.05) is 0 Å². The number of nitrogens with one attached hydrogen (secondary N) is 1. The van der Waals surface area contributed by atoms with Crippen LogP contribution in [0.4, 0.5) is 0 Å². The number of amides is 1. The molecular weight excluding hydrogens is 358 g/mol. The van der Waals surface area contributed by atoms with Crippen molar-refractivity contribution in [3.8, 4) is 0 Å². The Morgan fingerprint density at radius 3 is 1.34 bits per heavy atom. The lowest BCUT2D eigenvalue weighted by atomic mass is 10.0. The predicted octanol–water partition coefficient (Wildman–Crippen LogP) is 7.70. The molecule has 3 nitrogen and oxygen atoms in total. The average molecular weight is 412 g/mol. The van der Waals surface area contributed by atoms with E-state index in [2.05, 4.69) is 19.2 Å². The Morgan fingerprint density at radius 2 is 0.931 bits per heavy atom. The second-order valence-corrected chi connectivity index (χ2v) is 8.96. The monoisotopic (exact) mass is 411 g/mol. The van der Waals surface area contributed by atoms with Crippen molar-refractivity contribution < 1.29 is 9.90 Å². The highest BCUT2D eigenvalue weighted by Crippen LogP contribution is 2.12. The lowest BCUT2D eigenvalue weighted by Crippen LogP contribution is -2.35. The molecule has 0 radical (unpaired) electrons. The van der Waals surface area contributed by atoms with Crippen molar-refractivity contribution in [3.63, 3.8) is 0 Å². The van der Waals surface area contributed by atoms with Crippen molar-refractivity contribution in [2.75, 3.05) is 6.54 Å². The molecule has 0 rings (SSSR count). The quantitative estimate of drug-likeness (QED) is 0.169. The van der Waals surface area contributed by atoms with Crippen molar-refractivity contribution in [2.45, 2.75) is 155 Å². The highest BCUT2D eigenvalue weighted by atomic mass is 16.3. The Bertz CT molecular complexity index is 333. The first-order valence-corrected chi connectivity index (χ1v) is 13.2. The van der Waals surface area contributed by atoms with Crippen LogP contribution in [0.25, 0.3) is 0 Å². The molecule has 0 heterocycles. The maximum Gasteiger partial charge on any atom is 0.248 e. The second-order valence-electron chi connectivity index (χ2n) is 8.96. The largest absolute Gasteiger partial charge is 0.383 e. The fourth-order valence-electron chi connectivity index (χ4n) is 3.90. The summed E-state index contributed by atoms with van der Waals surface area (Å²) in [6.45, 7) is 5.23. The van der Waals surface area contributed by atoms with E-state index in [4.69, 9.17) is 0 Å². The molecule has 29 heavy (non-hydrogen) atoms. The minimum Gasteiger partial charge on any atom is -0.383 e. The first kappa shape index (κ1) is 28.4. The molecule has 1 amide bonds. The van der Waals surface area contributed by atoms with Crippen LogP contribution in [-0.4, -0.2) is 23.7 Å². The number of hydrogen-bond donors (Lipinski definition) is 2. The fraction of sp³-hybridized carbons (Fsp3) is 0.962. The third-order valence-electron chi connectivity index (χ3n) is 5.96. The molecule has 1 atom stereocenters. The Morgan fingerprint density at radius 1 is 0.586 bits per heavy atom. The number of aliphatic hydroxyl groups excluding tert-OH is 1. The van der Waals surface area contributed by atoms with Gasteiger partial charge in [-0.25, -0.2) is 0 Å². The molecule has 0 aliphatic rings. The summed E-state index contributed by atoms with van der Waals surface area (Å²) in [4.78, 5) is 11.9. The number of carbonyl (C=O) groups is 1. The van der Waals surface area contributed by atoms with Gasteiger partial charge in [-0.1, -0.05) is 136 Å². The van der Waals surface area contributed by atoms with Gasteiger partial charge in [-0.15, -0.1) is 0 Å². The average Bonchev–Trinajstić information content (AvgIpc) is 2.73. The van der Waals surface area contributed by atoms with Gasteiger partial charge < -0.3 is 10.4 Å². The van der Waals surface area contributed by atoms with E-state index >= 15 is 0 Å². The summed E-state index contributed by atoms with van der Waals surface area (Å²) in [5, 5.41) is 12.9. The fourth-order valence-corrected chi connectivity index (χ4v) is 3.90. The van der Waals surface area contributed by atoms with Gasteiger partial charge in [-0.3, -0.25) is 4.79 Å². The highest BCUT2D eigenvalue weighted by molar-refractivity contribution is 5.80. The van der Waals surface area contributed by atoms with E-state index in [1.165, 1.54) is 109 Å². The predicted molar refractivity (Wildman–Crippen MR) is 127 cm³/mol. The van der Waals surface area contributed by atoms with Gasteiger partial charge in [-0.2, -0.15) is 0 Å². The zero-order valence-corrected chi connectivity index (χ0v) is 20.0. The van der Waals surface area contributed by atoms with E-state index < -0.39 is 6.10 Å². The first-order valence-electron chi connectivity index (χ1n) is 13.2. The molecule has 0 saturated carbocycles. The van der Waals surface area contributed by atoms with Gasteiger partial charge in [0.15, 0.2) is 0 Å². The molecule has 0 bridgehead atoms. The molecule has 2 N–H and O–H groups in total. The molecular formula is C26H53NO2. The normalized spacial score (nSPS) is 12.2. The first-order chi connectivity index (χ1) is 14.2. The van der Waals surface area contributed by atoms with Gasteiger partial charge in [0.25, 0.3) is 0 Å². The molecule has 3 heteroatoms. The lowest BCUT2D eigenvalue weighted by molar-refractivity contribution is -0.129. The maximum absolute atomic E-state index is 11.9. The van der Waals surface area contributed by atoms with Gasteiger partial charge in [0.1, 0.15) is 6.10 Å². The Hall–Kier alpha value is -0.570. The van der Waals surface area contributed by atoms with Crippen LogP contribution >= 0.6 is 0 Å². The molecule has 0 aromatic carbocycles. The van der Waals surface area contributed by atoms with Gasteiger partial charge in [-0.05, 0) is 12.8 Å². The van der Waals surface area contributed by atoms with Crippen LogP contribution in [0.15, 0.2) is 0 Å². The molecule has 0 spiro atoms. The van der Waals surface area contributed by atoms with Crippen LogP contribution in [-0.2, 0) is 4.79 Å². The van der Waals surface area contributed by atoms with Crippen molar-refractivity contribution in [1.29, 1.82) is 0 Å². The molecule has 0 aromatic heterocycles. The second kappa shape index (κ2) is 23.7. The van der Waals surface area contributed by atoms with Gasteiger partial charge in [0.05, 0.1) is 0 Å². The van der Waals surface area contributed by atoms with Crippen LogP contribution < -0.4 is 5.32 Å². The van der Waals surface area contributed by atoms with E-state index in [-0.39, 0.29) is 5.91 Å². The van der Waals surface area contributed by atoms with Crippen LogP contribution in [0.5, 0.6) is 0 Å². The van der Waals surface area contributed by atoms with Crippen molar-refractivity contribution in [1.82, 2.24) is 5.32 Å². The van der Waals surface area contributed by atoms with Crippen molar-refractivity contribution in [2.24, 2.45) is 0 Å². The number of aliphatic hydroxyl groups is 1. The summed E-state index contributed by atoms with van der Waals surface area (Å²) in [6.07, 6.45) is 25.6. The third kappa shape index (κ3) is 21.9. The Kier molecular flexibility index (Phi) is 23.2. The molecule has 0 saturated heterocycles. The summed E-state index contributed by atoms with van der Waals surface area (Å²) >= 11 is 0.